The van der Waals surface area contributed by atoms with Crippen LogP contribution in [0.3, 0.4) is 0 Å². The van der Waals surface area contributed by atoms with Crippen LogP contribution in [0.2, 0.25) is 0 Å². The molecule has 0 saturated heterocycles. The lowest BCUT2D eigenvalue weighted by molar-refractivity contribution is -0.125. The SMILES string of the molecule is Cc1ccc(C(=O)COC(=O)c2ccccc2SCC(=O)N(C)C)c(C)c1. The fourth-order valence-electron chi connectivity index (χ4n) is 2.44. The summed E-state index contributed by atoms with van der Waals surface area (Å²) in [5.41, 5.74) is 2.82. The summed E-state index contributed by atoms with van der Waals surface area (Å²) in [6.45, 7) is 3.49. The minimum absolute atomic E-state index is 0.0480. The van der Waals surface area contributed by atoms with E-state index >= 15 is 0 Å². The third-order valence-corrected chi connectivity index (χ3v) is 5.03. The van der Waals surface area contributed by atoms with E-state index in [2.05, 4.69) is 0 Å². The van der Waals surface area contributed by atoms with Gasteiger partial charge in [0.05, 0.1) is 11.3 Å². The van der Waals surface area contributed by atoms with Gasteiger partial charge in [-0.3, -0.25) is 9.59 Å². The molecule has 2 rings (SSSR count). The van der Waals surface area contributed by atoms with Crippen LogP contribution in [0.25, 0.3) is 0 Å². The third-order valence-electron chi connectivity index (χ3n) is 3.97. The molecule has 27 heavy (non-hydrogen) atoms. The Hall–Kier alpha value is -2.60. The van der Waals surface area contributed by atoms with E-state index in [0.717, 1.165) is 11.1 Å². The Morgan fingerprint density at radius 2 is 1.70 bits per heavy atom. The summed E-state index contributed by atoms with van der Waals surface area (Å²) in [6, 6.07) is 12.4. The third kappa shape index (κ3) is 5.69. The summed E-state index contributed by atoms with van der Waals surface area (Å²) >= 11 is 1.27. The van der Waals surface area contributed by atoms with Gasteiger partial charge in [-0.15, -0.1) is 11.8 Å². The van der Waals surface area contributed by atoms with Crippen molar-refractivity contribution in [2.45, 2.75) is 18.7 Å². The van der Waals surface area contributed by atoms with Crippen molar-refractivity contribution < 1.29 is 19.1 Å². The Labute approximate surface area is 163 Å². The van der Waals surface area contributed by atoms with Crippen molar-refractivity contribution in [1.29, 1.82) is 0 Å². The summed E-state index contributed by atoms with van der Waals surface area (Å²) in [5, 5.41) is 0. The van der Waals surface area contributed by atoms with Crippen molar-refractivity contribution in [2.24, 2.45) is 0 Å². The van der Waals surface area contributed by atoms with Gasteiger partial charge in [-0.1, -0.05) is 35.9 Å². The number of nitrogens with zero attached hydrogens (tertiary/aromatic N) is 1. The average molecular weight is 385 g/mol. The fraction of sp³-hybridized carbons (Fsp3) is 0.286. The Morgan fingerprint density at radius 3 is 2.37 bits per heavy atom. The fourth-order valence-corrected chi connectivity index (χ4v) is 3.46. The zero-order valence-electron chi connectivity index (χ0n) is 15.9. The first-order valence-electron chi connectivity index (χ1n) is 8.49. The normalized spacial score (nSPS) is 10.4. The summed E-state index contributed by atoms with van der Waals surface area (Å²) in [5.74, 6) is -0.644. The highest BCUT2D eigenvalue weighted by atomic mass is 32.2. The molecule has 0 unspecified atom stereocenters. The van der Waals surface area contributed by atoms with Gasteiger partial charge in [0.1, 0.15) is 0 Å². The molecular weight excluding hydrogens is 362 g/mol. The van der Waals surface area contributed by atoms with Crippen molar-refractivity contribution in [3.05, 3.63) is 64.7 Å². The molecule has 0 aromatic heterocycles. The second-order valence-corrected chi connectivity index (χ2v) is 7.41. The first kappa shape index (κ1) is 20.7. The highest BCUT2D eigenvalue weighted by molar-refractivity contribution is 8.00. The largest absolute Gasteiger partial charge is 0.454 e. The molecule has 0 saturated carbocycles. The molecule has 0 spiro atoms. The molecule has 142 valence electrons. The molecule has 0 aliphatic heterocycles. The summed E-state index contributed by atoms with van der Waals surface area (Å²) in [7, 11) is 3.36. The van der Waals surface area contributed by atoms with E-state index in [1.54, 1.807) is 44.4 Å². The maximum Gasteiger partial charge on any atom is 0.339 e. The lowest BCUT2D eigenvalue weighted by Crippen LogP contribution is -2.23. The minimum atomic E-state index is -0.575. The predicted octanol–water partition coefficient (Wildman–Crippen LogP) is 3.52. The van der Waals surface area contributed by atoms with Gasteiger partial charge < -0.3 is 9.64 Å². The van der Waals surface area contributed by atoms with E-state index in [1.165, 1.54) is 16.7 Å². The zero-order valence-corrected chi connectivity index (χ0v) is 16.8. The van der Waals surface area contributed by atoms with Crippen LogP contribution >= 0.6 is 11.8 Å². The van der Waals surface area contributed by atoms with Crippen molar-refractivity contribution >= 4 is 29.4 Å². The molecule has 0 fully saturated rings. The van der Waals surface area contributed by atoms with Crippen LogP contribution in [0.4, 0.5) is 0 Å². The Balaban J connectivity index is 2.03. The number of ether oxygens (including phenoxy) is 1. The number of esters is 1. The first-order chi connectivity index (χ1) is 12.8. The molecule has 5 nitrogen and oxygen atoms in total. The van der Waals surface area contributed by atoms with Gasteiger partial charge in [-0.05, 0) is 31.5 Å². The molecule has 0 aliphatic carbocycles. The monoisotopic (exact) mass is 385 g/mol. The maximum absolute atomic E-state index is 12.4. The van der Waals surface area contributed by atoms with E-state index in [0.29, 0.717) is 16.0 Å². The van der Waals surface area contributed by atoms with E-state index in [-0.39, 0.29) is 24.1 Å². The van der Waals surface area contributed by atoms with E-state index in [4.69, 9.17) is 4.74 Å². The van der Waals surface area contributed by atoms with E-state index in [9.17, 15) is 14.4 Å². The van der Waals surface area contributed by atoms with E-state index < -0.39 is 5.97 Å². The second kappa shape index (κ2) is 9.37. The lowest BCUT2D eigenvalue weighted by Gasteiger charge is -2.12. The highest BCUT2D eigenvalue weighted by Crippen LogP contribution is 2.23. The second-order valence-electron chi connectivity index (χ2n) is 6.39. The van der Waals surface area contributed by atoms with Gasteiger partial charge in [0.15, 0.2) is 6.61 Å². The van der Waals surface area contributed by atoms with Crippen LogP contribution in [-0.4, -0.2) is 49.0 Å². The highest BCUT2D eigenvalue weighted by Gasteiger charge is 2.17. The van der Waals surface area contributed by atoms with Crippen molar-refractivity contribution in [3.8, 4) is 0 Å². The van der Waals surface area contributed by atoms with Crippen LogP contribution in [0, 0.1) is 13.8 Å². The van der Waals surface area contributed by atoms with Crippen LogP contribution in [-0.2, 0) is 9.53 Å². The number of thioether (sulfide) groups is 1. The molecule has 2 aromatic rings. The number of hydrogen-bond acceptors (Lipinski definition) is 5. The molecular formula is C21H23NO4S. The number of carbonyl (C=O) groups is 3. The molecule has 0 radical (unpaired) electrons. The number of hydrogen-bond donors (Lipinski definition) is 0. The molecule has 6 heteroatoms. The molecule has 2 aromatic carbocycles. The molecule has 0 aliphatic rings. The van der Waals surface area contributed by atoms with Gasteiger partial charge in [-0.2, -0.15) is 0 Å². The van der Waals surface area contributed by atoms with Gasteiger partial charge in [0.2, 0.25) is 11.7 Å². The Kier molecular flexibility index (Phi) is 7.19. The van der Waals surface area contributed by atoms with Crippen molar-refractivity contribution in [3.63, 3.8) is 0 Å². The van der Waals surface area contributed by atoms with Gasteiger partial charge >= 0.3 is 5.97 Å². The summed E-state index contributed by atoms with van der Waals surface area (Å²) in [6.07, 6.45) is 0. The smallest absolute Gasteiger partial charge is 0.339 e. The number of rotatable bonds is 7. The predicted molar refractivity (Wildman–Crippen MR) is 106 cm³/mol. The Bertz CT molecular complexity index is 861. The molecule has 0 heterocycles. The van der Waals surface area contributed by atoms with Gasteiger partial charge in [0, 0.05) is 24.6 Å². The molecule has 1 amide bonds. The first-order valence-corrected chi connectivity index (χ1v) is 9.47. The number of aryl methyl sites for hydroxylation is 2. The van der Waals surface area contributed by atoms with Crippen LogP contribution < -0.4 is 0 Å². The van der Waals surface area contributed by atoms with Crippen LogP contribution in [0.5, 0.6) is 0 Å². The van der Waals surface area contributed by atoms with Crippen LogP contribution in [0.15, 0.2) is 47.4 Å². The van der Waals surface area contributed by atoms with Gasteiger partial charge in [-0.25, -0.2) is 4.79 Å². The zero-order chi connectivity index (χ0) is 20.0. The number of benzene rings is 2. The number of amides is 1. The molecule has 0 N–H and O–H groups in total. The average Bonchev–Trinajstić information content (AvgIpc) is 2.64. The van der Waals surface area contributed by atoms with Gasteiger partial charge in [0.25, 0.3) is 0 Å². The quantitative estimate of drug-likeness (QED) is 0.414. The Morgan fingerprint density at radius 1 is 1.00 bits per heavy atom. The molecule has 0 atom stereocenters. The number of Topliss-reactive ketones (excluding diaryl/α,β-unsaturated/α-hetero) is 1. The topological polar surface area (TPSA) is 63.7 Å². The summed E-state index contributed by atoms with van der Waals surface area (Å²) in [4.78, 5) is 38.7. The minimum Gasteiger partial charge on any atom is -0.454 e. The summed E-state index contributed by atoms with van der Waals surface area (Å²) < 4.78 is 5.23. The standard InChI is InChI=1S/C21H23NO4S/c1-14-9-10-16(15(2)11-14)18(23)12-26-21(25)17-7-5-6-8-19(17)27-13-20(24)22(3)4/h5-11H,12-13H2,1-4H3. The molecule has 0 bridgehead atoms. The number of ketones is 1. The number of carbonyl (C=O) groups excluding carboxylic acids is 3. The maximum atomic E-state index is 12.4. The van der Waals surface area contributed by atoms with Crippen molar-refractivity contribution in [2.75, 3.05) is 26.5 Å². The lowest BCUT2D eigenvalue weighted by atomic mass is 10.0. The van der Waals surface area contributed by atoms with Crippen LogP contribution in [0.1, 0.15) is 31.8 Å². The van der Waals surface area contributed by atoms with Crippen molar-refractivity contribution in [1.82, 2.24) is 4.90 Å². The van der Waals surface area contributed by atoms with E-state index in [1.807, 2.05) is 26.0 Å².